The van der Waals surface area contributed by atoms with Crippen molar-refractivity contribution < 1.29 is 19.1 Å². The maximum atomic E-state index is 13.0. The Bertz CT molecular complexity index is 930. The molecule has 0 fully saturated rings. The van der Waals surface area contributed by atoms with Crippen molar-refractivity contribution >= 4 is 29.5 Å². The summed E-state index contributed by atoms with van der Waals surface area (Å²) in [5, 5.41) is 16.8. The van der Waals surface area contributed by atoms with Gasteiger partial charge in [-0.05, 0) is 40.3 Å². The number of aromatic nitrogens is 4. The third kappa shape index (κ3) is 10.3. The van der Waals surface area contributed by atoms with E-state index in [-0.39, 0.29) is 36.9 Å². The Labute approximate surface area is 216 Å². The number of thioether (sulfide) groups is 1. The normalized spacial score (nSPS) is 13.6. The molecule has 1 aromatic heterocycles. The fraction of sp³-hybridized carbons (Fsp3) is 0.583. The number of methoxy groups -OCH3 is 1. The molecule has 12 heteroatoms. The molecule has 2 rings (SSSR count). The predicted octanol–water partition coefficient (Wildman–Crippen LogP) is 1.12. The van der Waals surface area contributed by atoms with E-state index < -0.39 is 12.0 Å². The fourth-order valence-corrected chi connectivity index (χ4v) is 4.15. The first-order valence-electron chi connectivity index (χ1n) is 12.0. The van der Waals surface area contributed by atoms with Crippen LogP contribution < -0.4 is 10.6 Å². The minimum Gasteiger partial charge on any atom is -0.467 e. The molecule has 1 aromatic carbocycles. The number of nitrogens with one attached hydrogen (secondary N) is 2. The highest BCUT2D eigenvalue weighted by Crippen LogP contribution is 2.13. The highest BCUT2D eigenvalue weighted by molar-refractivity contribution is 7.98. The van der Waals surface area contributed by atoms with Crippen molar-refractivity contribution in [3.05, 3.63) is 42.2 Å². The third-order valence-electron chi connectivity index (χ3n) is 5.88. The second kappa shape index (κ2) is 15.9. The molecule has 0 bridgehead atoms. The molecule has 0 aliphatic carbocycles. The third-order valence-corrected chi connectivity index (χ3v) is 6.52. The first-order valence-corrected chi connectivity index (χ1v) is 13.4. The standard InChI is InChI=1S/C24H37N7O4S/c1-5-18(2)21(27-23(33)16-31-17-25-28-29-31)14-30(13-19-9-7-6-8-10-19)15-22(32)26-20(11-12-36-4)24(34)35-3/h6-10,17-18,20-21H,5,11-16H2,1-4H3,(H,26,32)(H,27,33). The summed E-state index contributed by atoms with van der Waals surface area (Å²) in [6, 6.07) is 8.92. The van der Waals surface area contributed by atoms with Crippen molar-refractivity contribution in [2.24, 2.45) is 5.92 Å². The first-order chi connectivity index (χ1) is 17.4. The molecule has 0 radical (unpaired) electrons. The number of hydrogen-bond donors (Lipinski definition) is 2. The Morgan fingerprint density at radius 3 is 2.53 bits per heavy atom. The van der Waals surface area contributed by atoms with Crippen LogP contribution >= 0.6 is 11.8 Å². The number of tetrazole rings is 1. The van der Waals surface area contributed by atoms with Gasteiger partial charge >= 0.3 is 5.97 Å². The summed E-state index contributed by atoms with van der Waals surface area (Å²) >= 11 is 1.60. The zero-order chi connectivity index (χ0) is 26.3. The summed E-state index contributed by atoms with van der Waals surface area (Å²) in [6.07, 6.45) is 4.67. The summed E-state index contributed by atoms with van der Waals surface area (Å²) < 4.78 is 6.23. The minimum atomic E-state index is -0.699. The van der Waals surface area contributed by atoms with E-state index in [9.17, 15) is 14.4 Å². The van der Waals surface area contributed by atoms with Gasteiger partial charge < -0.3 is 15.4 Å². The average Bonchev–Trinajstić information content (AvgIpc) is 3.38. The highest BCUT2D eigenvalue weighted by atomic mass is 32.2. The first kappa shape index (κ1) is 29.2. The van der Waals surface area contributed by atoms with Gasteiger partial charge in [0.25, 0.3) is 0 Å². The average molecular weight is 520 g/mol. The molecule has 0 spiro atoms. The Balaban J connectivity index is 2.14. The highest BCUT2D eigenvalue weighted by Gasteiger charge is 2.26. The lowest BCUT2D eigenvalue weighted by molar-refractivity contribution is -0.145. The summed E-state index contributed by atoms with van der Waals surface area (Å²) in [4.78, 5) is 39.8. The quantitative estimate of drug-likeness (QED) is 0.313. The van der Waals surface area contributed by atoms with Crippen LogP contribution in [-0.4, -0.2) is 87.2 Å². The smallest absolute Gasteiger partial charge is 0.328 e. The number of esters is 1. The van der Waals surface area contributed by atoms with Gasteiger partial charge in [0.1, 0.15) is 18.9 Å². The zero-order valence-corrected chi connectivity index (χ0v) is 22.2. The lowest BCUT2D eigenvalue weighted by Gasteiger charge is -2.31. The molecular weight excluding hydrogens is 482 g/mol. The maximum Gasteiger partial charge on any atom is 0.328 e. The van der Waals surface area contributed by atoms with Crippen LogP contribution in [0.5, 0.6) is 0 Å². The van der Waals surface area contributed by atoms with Gasteiger partial charge in [-0.3, -0.25) is 14.5 Å². The van der Waals surface area contributed by atoms with Crippen molar-refractivity contribution in [1.29, 1.82) is 0 Å². The Morgan fingerprint density at radius 1 is 1.17 bits per heavy atom. The van der Waals surface area contributed by atoms with E-state index >= 15 is 0 Å². The number of ether oxygens (including phenoxy) is 1. The van der Waals surface area contributed by atoms with E-state index in [4.69, 9.17) is 4.74 Å². The summed E-state index contributed by atoms with van der Waals surface area (Å²) in [5.74, 6) is -0.0604. The van der Waals surface area contributed by atoms with Gasteiger partial charge in [0.05, 0.1) is 13.7 Å². The number of rotatable bonds is 16. The van der Waals surface area contributed by atoms with Crippen molar-refractivity contribution in [3.63, 3.8) is 0 Å². The van der Waals surface area contributed by atoms with Crippen molar-refractivity contribution in [1.82, 2.24) is 35.7 Å². The topological polar surface area (TPSA) is 131 Å². The van der Waals surface area contributed by atoms with Gasteiger partial charge in [-0.15, -0.1) is 5.10 Å². The molecule has 2 N–H and O–H groups in total. The van der Waals surface area contributed by atoms with Gasteiger partial charge in [-0.25, -0.2) is 9.48 Å². The molecule has 0 aliphatic heterocycles. The van der Waals surface area contributed by atoms with E-state index in [0.717, 1.165) is 17.7 Å². The predicted molar refractivity (Wildman–Crippen MR) is 138 cm³/mol. The van der Waals surface area contributed by atoms with E-state index in [1.807, 2.05) is 41.5 Å². The van der Waals surface area contributed by atoms with Gasteiger partial charge in [0.2, 0.25) is 11.8 Å². The van der Waals surface area contributed by atoms with Crippen molar-refractivity contribution in [2.45, 2.75) is 51.9 Å². The number of benzene rings is 1. The molecule has 3 unspecified atom stereocenters. The minimum absolute atomic E-state index is 0.00928. The van der Waals surface area contributed by atoms with Crippen LogP contribution in [0.1, 0.15) is 32.3 Å². The number of hydrogen-bond acceptors (Lipinski definition) is 9. The molecular formula is C24H37N7O4S. The molecule has 0 aliphatic rings. The Hall–Kier alpha value is -2.99. The number of carbonyl (C=O) groups excluding carboxylic acids is 3. The molecule has 0 saturated carbocycles. The van der Waals surface area contributed by atoms with Gasteiger partial charge in [-0.1, -0.05) is 50.6 Å². The van der Waals surface area contributed by atoms with Gasteiger partial charge in [0, 0.05) is 19.1 Å². The molecule has 2 aromatic rings. The van der Waals surface area contributed by atoms with Crippen LogP contribution in [0.25, 0.3) is 0 Å². The Morgan fingerprint density at radius 2 is 1.92 bits per heavy atom. The lowest BCUT2D eigenvalue weighted by Crippen LogP contribution is -2.51. The van der Waals surface area contributed by atoms with E-state index in [1.54, 1.807) is 11.8 Å². The van der Waals surface area contributed by atoms with Crippen LogP contribution in [0.2, 0.25) is 0 Å². The van der Waals surface area contributed by atoms with E-state index in [1.165, 1.54) is 18.1 Å². The summed E-state index contributed by atoms with van der Waals surface area (Å²) in [6.45, 7) is 5.17. The molecule has 198 valence electrons. The van der Waals surface area contributed by atoms with Crippen LogP contribution in [0.15, 0.2) is 36.7 Å². The van der Waals surface area contributed by atoms with E-state index in [2.05, 4.69) is 40.0 Å². The number of amides is 2. The van der Waals surface area contributed by atoms with E-state index in [0.29, 0.717) is 19.5 Å². The van der Waals surface area contributed by atoms with Crippen LogP contribution in [0.3, 0.4) is 0 Å². The van der Waals surface area contributed by atoms with Gasteiger partial charge in [0.15, 0.2) is 0 Å². The SMILES string of the molecule is CCC(C)C(CN(CC(=O)NC(CCSC)C(=O)OC)Cc1ccccc1)NC(=O)Cn1cnnn1. The van der Waals surface area contributed by atoms with Crippen molar-refractivity contribution in [3.8, 4) is 0 Å². The zero-order valence-electron chi connectivity index (χ0n) is 21.4. The summed E-state index contributed by atoms with van der Waals surface area (Å²) in [5.41, 5.74) is 1.04. The monoisotopic (exact) mass is 519 g/mol. The number of carbonyl (C=O) groups is 3. The molecule has 2 amide bonds. The van der Waals surface area contributed by atoms with Crippen LogP contribution in [0, 0.1) is 5.92 Å². The number of nitrogens with zero attached hydrogens (tertiary/aromatic N) is 5. The second-order valence-corrected chi connectivity index (χ2v) is 9.63. The fourth-order valence-electron chi connectivity index (χ4n) is 3.68. The Kier molecular flexibility index (Phi) is 12.9. The molecule has 36 heavy (non-hydrogen) atoms. The summed E-state index contributed by atoms with van der Waals surface area (Å²) in [7, 11) is 1.32. The molecule has 3 atom stereocenters. The van der Waals surface area contributed by atoms with Gasteiger partial charge in [-0.2, -0.15) is 11.8 Å². The van der Waals surface area contributed by atoms with Crippen LogP contribution in [0.4, 0.5) is 0 Å². The molecule has 0 saturated heterocycles. The molecule has 1 heterocycles. The second-order valence-electron chi connectivity index (χ2n) is 8.65. The largest absolute Gasteiger partial charge is 0.467 e. The van der Waals surface area contributed by atoms with Crippen LogP contribution in [-0.2, 0) is 32.2 Å². The maximum absolute atomic E-state index is 13.0. The van der Waals surface area contributed by atoms with Crippen molar-refractivity contribution in [2.75, 3.05) is 32.2 Å². The lowest BCUT2D eigenvalue weighted by atomic mass is 9.98. The molecule has 11 nitrogen and oxygen atoms in total.